The Morgan fingerprint density at radius 2 is 1.47 bits per heavy atom. The van der Waals surface area contributed by atoms with E-state index in [1.807, 2.05) is 0 Å². The first-order chi connectivity index (χ1) is 14.1. The highest BCUT2D eigenvalue weighted by Crippen LogP contribution is 2.58. The first-order valence-electron chi connectivity index (χ1n) is 12.8. The van der Waals surface area contributed by atoms with Crippen LogP contribution in [0.15, 0.2) is 34.9 Å². The molecule has 30 heavy (non-hydrogen) atoms. The largest absolute Gasteiger partial charge is 0.393 e. The van der Waals surface area contributed by atoms with Crippen LogP contribution in [-0.2, 0) is 0 Å². The molecule has 1 nitrogen and oxygen atoms in total. The van der Waals surface area contributed by atoms with E-state index in [-0.39, 0.29) is 6.10 Å². The maximum atomic E-state index is 10.4. The van der Waals surface area contributed by atoms with Gasteiger partial charge in [-0.25, -0.2) is 0 Å². The van der Waals surface area contributed by atoms with Crippen LogP contribution in [0.25, 0.3) is 0 Å². The maximum Gasteiger partial charge on any atom is 0.0568 e. The molecule has 172 valence electrons. The Hall–Kier alpha value is -0.820. The summed E-state index contributed by atoms with van der Waals surface area (Å²) in [5, 5.41) is 10.4. The number of aliphatic hydroxyl groups excluding tert-OH is 1. The number of rotatable bonds is 9. The first kappa shape index (κ1) is 25.4. The first-order valence-corrected chi connectivity index (χ1v) is 12.8. The van der Waals surface area contributed by atoms with Gasteiger partial charge in [0.05, 0.1) is 6.10 Å². The Morgan fingerprint density at radius 1 is 0.867 bits per heavy atom. The van der Waals surface area contributed by atoms with E-state index in [2.05, 4.69) is 66.7 Å². The average molecular weight is 415 g/mol. The van der Waals surface area contributed by atoms with Gasteiger partial charge in [0, 0.05) is 0 Å². The minimum Gasteiger partial charge on any atom is -0.393 e. The van der Waals surface area contributed by atoms with E-state index in [0.717, 1.165) is 18.3 Å². The lowest BCUT2D eigenvalue weighted by Gasteiger charge is -2.56. The van der Waals surface area contributed by atoms with Crippen molar-refractivity contribution in [2.45, 2.75) is 119 Å². The molecule has 0 saturated heterocycles. The molecule has 2 fully saturated rings. The van der Waals surface area contributed by atoms with Crippen molar-refractivity contribution >= 4 is 0 Å². The highest BCUT2D eigenvalue weighted by molar-refractivity contribution is 5.06. The summed E-state index contributed by atoms with van der Waals surface area (Å²) in [4.78, 5) is 0. The molecule has 2 rings (SSSR count). The topological polar surface area (TPSA) is 20.2 Å². The molecule has 0 heterocycles. The molecule has 2 aliphatic carbocycles. The second-order valence-corrected chi connectivity index (χ2v) is 11.3. The Kier molecular flexibility index (Phi) is 9.92. The second kappa shape index (κ2) is 11.7. The van der Waals surface area contributed by atoms with Crippen LogP contribution in [0.3, 0.4) is 0 Å². The zero-order chi connectivity index (χ0) is 22.3. The predicted molar refractivity (Wildman–Crippen MR) is 133 cm³/mol. The van der Waals surface area contributed by atoms with Crippen LogP contribution in [0.2, 0.25) is 0 Å². The number of hydrogen-bond acceptors (Lipinski definition) is 1. The van der Waals surface area contributed by atoms with Gasteiger partial charge in [0.1, 0.15) is 0 Å². The summed E-state index contributed by atoms with van der Waals surface area (Å²) in [6.45, 7) is 16.3. The van der Waals surface area contributed by atoms with Gasteiger partial charge in [-0.2, -0.15) is 0 Å². The van der Waals surface area contributed by atoms with Crippen molar-refractivity contribution in [3.8, 4) is 0 Å². The fraction of sp³-hybridized carbons (Fsp3) is 0.793. The van der Waals surface area contributed by atoms with E-state index in [1.165, 1.54) is 68.9 Å². The monoisotopic (exact) mass is 414 g/mol. The summed E-state index contributed by atoms with van der Waals surface area (Å²) in [6.07, 6.45) is 19.4. The van der Waals surface area contributed by atoms with Gasteiger partial charge in [0.2, 0.25) is 0 Å². The maximum absolute atomic E-state index is 10.4. The van der Waals surface area contributed by atoms with Crippen molar-refractivity contribution in [1.82, 2.24) is 0 Å². The van der Waals surface area contributed by atoms with Gasteiger partial charge >= 0.3 is 0 Å². The fourth-order valence-corrected chi connectivity index (χ4v) is 6.58. The molecular formula is C29H50O. The molecule has 1 N–H and O–H groups in total. The summed E-state index contributed by atoms with van der Waals surface area (Å²) < 4.78 is 0. The van der Waals surface area contributed by atoms with E-state index in [1.54, 1.807) is 5.57 Å². The lowest BCUT2D eigenvalue weighted by molar-refractivity contribution is -0.104. The summed E-state index contributed by atoms with van der Waals surface area (Å²) in [5.74, 6) is 2.83. The molecule has 0 amide bonds. The van der Waals surface area contributed by atoms with Gasteiger partial charge in [0.25, 0.3) is 0 Å². The third-order valence-electron chi connectivity index (χ3n) is 8.63. The summed E-state index contributed by atoms with van der Waals surface area (Å²) in [7, 11) is 0. The minimum atomic E-state index is -0.0715. The summed E-state index contributed by atoms with van der Waals surface area (Å²) >= 11 is 0. The van der Waals surface area contributed by atoms with Crippen molar-refractivity contribution in [1.29, 1.82) is 0 Å². The van der Waals surface area contributed by atoms with E-state index < -0.39 is 0 Å². The Morgan fingerprint density at radius 3 is 2.10 bits per heavy atom. The minimum absolute atomic E-state index is 0.0715. The second-order valence-electron chi connectivity index (χ2n) is 11.3. The van der Waals surface area contributed by atoms with Crippen LogP contribution >= 0.6 is 0 Å². The standard InChI is InChI=1S/C29H50O/c1-21(2)11-8-12-22(3)13-9-14-23(4)15-10-16-26-24(5)17-18-27-25(6)28(30)19-20-29(26,27)7/h11,13,15,24-28,30H,8-10,12,14,16-20H2,1-7H3/b22-13+,23-15+. The van der Waals surface area contributed by atoms with E-state index in [0.29, 0.717) is 17.3 Å². The Balaban J connectivity index is 1.83. The van der Waals surface area contributed by atoms with Crippen molar-refractivity contribution in [2.75, 3.05) is 0 Å². The SMILES string of the molecule is CC(C)=CCC/C(C)=C/CC/C(C)=C/CCC1C(C)CCC2C(C)C(O)CCC12C. The molecule has 0 aromatic rings. The molecule has 0 spiro atoms. The van der Waals surface area contributed by atoms with Gasteiger partial charge in [-0.15, -0.1) is 0 Å². The van der Waals surface area contributed by atoms with Gasteiger partial charge in [-0.1, -0.05) is 62.1 Å². The molecular weight excluding hydrogens is 364 g/mol. The van der Waals surface area contributed by atoms with Crippen molar-refractivity contribution in [3.05, 3.63) is 34.9 Å². The fourth-order valence-electron chi connectivity index (χ4n) is 6.58. The molecule has 0 bridgehead atoms. The smallest absolute Gasteiger partial charge is 0.0568 e. The number of allylic oxidation sites excluding steroid dienone is 6. The average Bonchev–Trinajstić information content (AvgIpc) is 2.67. The molecule has 6 unspecified atom stereocenters. The van der Waals surface area contributed by atoms with Crippen LogP contribution in [0.4, 0.5) is 0 Å². The quantitative estimate of drug-likeness (QED) is 0.374. The Labute approximate surface area is 188 Å². The normalized spacial score (nSPS) is 35.1. The highest BCUT2D eigenvalue weighted by atomic mass is 16.3. The Bertz CT molecular complexity index is 620. The lowest BCUT2D eigenvalue weighted by atomic mass is 9.49. The van der Waals surface area contributed by atoms with E-state index in [9.17, 15) is 5.11 Å². The van der Waals surface area contributed by atoms with Crippen LogP contribution in [0.1, 0.15) is 113 Å². The summed E-state index contributed by atoms with van der Waals surface area (Å²) in [6, 6.07) is 0. The molecule has 0 aromatic carbocycles. The van der Waals surface area contributed by atoms with Crippen molar-refractivity contribution < 1.29 is 5.11 Å². The molecule has 0 radical (unpaired) electrons. The number of fused-ring (bicyclic) bond motifs is 1. The molecule has 0 aromatic heterocycles. The van der Waals surface area contributed by atoms with Gasteiger partial charge in [0.15, 0.2) is 0 Å². The van der Waals surface area contributed by atoms with Crippen molar-refractivity contribution in [3.63, 3.8) is 0 Å². The zero-order valence-corrected chi connectivity index (χ0v) is 21.1. The summed E-state index contributed by atoms with van der Waals surface area (Å²) in [5.41, 5.74) is 4.95. The molecule has 1 heteroatoms. The highest BCUT2D eigenvalue weighted by Gasteiger charge is 2.51. The van der Waals surface area contributed by atoms with Crippen LogP contribution in [0.5, 0.6) is 0 Å². The molecule has 2 aliphatic rings. The molecule has 2 saturated carbocycles. The van der Waals surface area contributed by atoms with Crippen molar-refractivity contribution in [2.24, 2.45) is 29.1 Å². The lowest BCUT2D eigenvalue weighted by Crippen LogP contribution is -2.51. The van der Waals surface area contributed by atoms with Gasteiger partial charge < -0.3 is 5.11 Å². The predicted octanol–water partition coefficient (Wildman–Crippen LogP) is 8.65. The third-order valence-corrected chi connectivity index (χ3v) is 8.63. The third kappa shape index (κ3) is 6.84. The van der Waals surface area contributed by atoms with Gasteiger partial charge in [-0.3, -0.25) is 0 Å². The molecule has 6 atom stereocenters. The van der Waals surface area contributed by atoms with Crippen LogP contribution in [0, 0.1) is 29.1 Å². The van der Waals surface area contributed by atoms with Crippen LogP contribution < -0.4 is 0 Å². The van der Waals surface area contributed by atoms with Gasteiger partial charge in [-0.05, 0) is 115 Å². The zero-order valence-electron chi connectivity index (χ0n) is 21.1. The van der Waals surface area contributed by atoms with E-state index in [4.69, 9.17) is 0 Å². The number of hydrogen-bond donors (Lipinski definition) is 1. The molecule has 0 aliphatic heterocycles. The van der Waals surface area contributed by atoms with E-state index >= 15 is 0 Å². The van der Waals surface area contributed by atoms with Crippen LogP contribution in [-0.4, -0.2) is 11.2 Å². The number of aliphatic hydroxyl groups is 1.